The molecule has 318 valence electrons. The van der Waals surface area contributed by atoms with Gasteiger partial charge >= 0.3 is 12.2 Å². The molecule has 1 spiro atoms. The van der Waals surface area contributed by atoms with E-state index in [1.54, 1.807) is 12.1 Å². The molecule has 5 aliphatic rings. The normalized spacial score (nSPS) is 27.7. The van der Waals surface area contributed by atoms with Crippen LogP contribution in [-0.2, 0) is 47.0 Å². The number of alkyl carbamates (subject to hydrolysis) is 1. The van der Waals surface area contributed by atoms with Crippen LogP contribution in [0.1, 0.15) is 88.2 Å². The number of hydrogen-bond donors (Lipinski definition) is 4. The highest BCUT2D eigenvalue weighted by Crippen LogP contribution is 2.45. The molecule has 2 aromatic carbocycles. The molecule has 4 N–H and O–H groups in total. The molecule has 0 bridgehead atoms. The van der Waals surface area contributed by atoms with Crippen molar-refractivity contribution in [2.45, 2.75) is 125 Å². The van der Waals surface area contributed by atoms with Gasteiger partial charge in [0.05, 0.1) is 18.8 Å². The minimum atomic E-state index is -4.68. The summed E-state index contributed by atoms with van der Waals surface area (Å²) in [5.74, 6) is -4.55. The Morgan fingerprint density at radius 1 is 0.932 bits per heavy atom. The second-order valence-corrected chi connectivity index (χ2v) is 17.7. The van der Waals surface area contributed by atoms with Crippen LogP contribution < -0.4 is 20.7 Å². The highest BCUT2D eigenvalue weighted by molar-refractivity contribution is 7.90. The number of benzene rings is 2. The number of amides is 5. The Kier molecular flexibility index (Phi) is 12.4. The number of anilines is 1. The summed E-state index contributed by atoms with van der Waals surface area (Å²) in [5.41, 5.74) is -0.719. The van der Waals surface area contributed by atoms with Crippen molar-refractivity contribution >= 4 is 45.6 Å². The lowest BCUT2D eigenvalue weighted by molar-refractivity contribution is -0.141. The highest BCUT2D eigenvalue weighted by atomic mass is 32.2. The molecule has 7 rings (SSSR count). The van der Waals surface area contributed by atoms with Crippen LogP contribution in [0.5, 0.6) is 0 Å². The van der Waals surface area contributed by atoms with Crippen LogP contribution in [0.4, 0.5) is 24.1 Å². The summed E-state index contributed by atoms with van der Waals surface area (Å²) in [6.07, 6.45) is 5.08. The largest absolute Gasteiger partial charge is 0.446 e. The molecule has 2 aromatic rings. The van der Waals surface area contributed by atoms with E-state index in [1.807, 2.05) is 4.72 Å². The van der Waals surface area contributed by atoms with Gasteiger partial charge in [0.2, 0.25) is 11.8 Å². The highest BCUT2D eigenvalue weighted by Gasteiger charge is 2.61. The molecule has 0 radical (unpaired) electrons. The summed E-state index contributed by atoms with van der Waals surface area (Å²) >= 11 is 0. The topological polar surface area (TPSA) is 193 Å². The number of fused-ring (bicyclic) bond motifs is 3. The molecule has 0 aromatic heterocycles. The maximum absolute atomic E-state index is 14.6. The number of rotatable bonds is 4. The molecule has 15 nitrogen and oxygen atoms in total. The molecule has 5 atom stereocenters. The number of hydrogen-bond acceptors (Lipinski definition) is 10. The van der Waals surface area contributed by atoms with Gasteiger partial charge in [0.1, 0.15) is 46.4 Å². The van der Waals surface area contributed by atoms with Crippen molar-refractivity contribution in [3.05, 3.63) is 71.8 Å². The fraction of sp³-hybridized carbons (Fsp3) is 0.537. The van der Waals surface area contributed by atoms with E-state index in [2.05, 4.69) is 22.5 Å². The van der Waals surface area contributed by atoms with Gasteiger partial charge in [-0.05, 0) is 74.8 Å². The van der Waals surface area contributed by atoms with Crippen molar-refractivity contribution in [2.24, 2.45) is 5.92 Å². The fourth-order valence-electron chi connectivity index (χ4n) is 8.59. The van der Waals surface area contributed by atoms with Gasteiger partial charge in [-0.2, -0.15) is 0 Å². The van der Waals surface area contributed by atoms with Crippen molar-refractivity contribution in [3.63, 3.8) is 0 Å². The van der Waals surface area contributed by atoms with Gasteiger partial charge in [0.15, 0.2) is 0 Å². The van der Waals surface area contributed by atoms with Gasteiger partial charge in [-0.3, -0.25) is 19.3 Å². The molecule has 3 fully saturated rings. The van der Waals surface area contributed by atoms with Crippen LogP contribution in [0, 0.1) is 17.6 Å². The molecule has 2 aliphatic carbocycles. The Morgan fingerprint density at radius 3 is 2.42 bits per heavy atom. The molecule has 0 unspecified atom stereocenters. The number of carbonyl (C=O) groups is 5. The average Bonchev–Trinajstić information content (AvgIpc) is 3.60. The number of nitrogens with zero attached hydrogens (tertiary/aromatic N) is 2. The van der Waals surface area contributed by atoms with E-state index in [0.717, 1.165) is 37.8 Å². The third-order valence-electron chi connectivity index (χ3n) is 12.0. The van der Waals surface area contributed by atoms with Crippen molar-refractivity contribution in [2.75, 3.05) is 18.4 Å². The third kappa shape index (κ3) is 9.31. The summed E-state index contributed by atoms with van der Waals surface area (Å²) in [7, 11) is -4.68. The first kappa shape index (κ1) is 41.9. The standard InChI is InChI=1S/C41H50F2N6O9S/c1-2-26-21-41(26)38(52)47-59(55,56)35-19-27(42)16-17-32(35)44-18-9-5-3-4-6-15-33(45-39(53)57-28-12-7-8-13-28)37(51)49-23-29(20-34(49)36(50)46-41)58-40(54)48-22-25-11-10-14-31(43)30(25)24-48/h2,10-11,14,16-17,19,26,28-29,33-34,44H,1,3-9,12-13,15,18,20-24H2,(H,45,53)(H,46,50)(H,47,52)/t26-,29-,33+,34+,41-/m1/s1. The minimum Gasteiger partial charge on any atom is -0.446 e. The smallest absolute Gasteiger partial charge is 0.410 e. The van der Waals surface area contributed by atoms with Crippen LogP contribution in [0.3, 0.4) is 0 Å². The lowest BCUT2D eigenvalue weighted by Gasteiger charge is -2.30. The number of nitrogens with one attached hydrogen (secondary N) is 4. The van der Waals surface area contributed by atoms with Crippen molar-refractivity contribution < 1.29 is 50.6 Å². The average molecular weight is 841 g/mol. The predicted octanol–water partition coefficient (Wildman–Crippen LogP) is 4.76. The summed E-state index contributed by atoms with van der Waals surface area (Å²) < 4.78 is 69.8. The Balaban J connectivity index is 1.16. The second-order valence-electron chi connectivity index (χ2n) is 16.1. The first-order valence-corrected chi connectivity index (χ1v) is 21.8. The quantitative estimate of drug-likeness (QED) is 0.313. The number of sulfonamides is 1. The Labute approximate surface area is 341 Å². The third-order valence-corrected chi connectivity index (χ3v) is 13.3. The van der Waals surface area contributed by atoms with Crippen LogP contribution in [0.25, 0.3) is 0 Å². The number of carbonyl (C=O) groups excluding carboxylic acids is 5. The number of halogens is 2. The molecule has 5 amide bonds. The maximum atomic E-state index is 14.6. The van der Waals surface area contributed by atoms with Gasteiger partial charge < -0.3 is 30.3 Å². The van der Waals surface area contributed by atoms with E-state index in [0.29, 0.717) is 49.8 Å². The van der Waals surface area contributed by atoms with Gasteiger partial charge in [-0.1, -0.05) is 43.9 Å². The lowest BCUT2D eigenvalue weighted by Crippen LogP contribution is -2.58. The zero-order valence-electron chi connectivity index (χ0n) is 32.7. The lowest BCUT2D eigenvalue weighted by atomic mass is 10.0. The molecule has 59 heavy (non-hydrogen) atoms. The molecule has 18 heteroatoms. The van der Waals surface area contributed by atoms with Crippen LogP contribution in [-0.4, -0.2) is 91.0 Å². The Bertz CT molecular complexity index is 2100. The monoisotopic (exact) mass is 840 g/mol. The Hall–Kier alpha value is -5.26. The van der Waals surface area contributed by atoms with E-state index in [4.69, 9.17) is 9.47 Å². The second kappa shape index (κ2) is 17.5. The van der Waals surface area contributed by atoms with Crippen molar-refractivity contribution in [1.29, 1.82) is 0 Å². The van der Waals surface area contributed by atoms with Crippen molar-refractivity contribution in [3.8, 4) is 0 Å². The van der Waals surface area contributed by atoms with Gasteiger partial charge in [0.25, 0.3) is 15.9 Å². The molecule has 2 saturated carbocycles. The molecule has 1 saturated heterocycles. The zero-order valence-corrected chi connectivity index (χ0v) is 33.5. The summed E-state index contributed by atoms with van der Waals surface area (Å²) in [5, 5.41) is 8.44. The van der Waals surface area contributed by atoms with Crippen LogP contribution in [0.2, 0.25) is 0 Å². The van der Waals surface area contributed by atoms with Crippen molar-refractivity contribution in [1.82, 2.24) is 25.2 Å². The summed E-state index contributed by atoms with van der Waals surface area (Å²) in [6.45, 7) is 3.90. The molecule has 3 heterocycles. The molecular formula is C41H50F2N6O9S. The van der Waals surface area contributed by atoms with Crippen LogP contribution in [0.15, 0.2) is 53.9 Å². The first-order valence-electron chi connectivity index (χ1n) is 20.3. The zero-order chi connectivity index (χ0) is 41.9. The number of ether oxygens (including phenoxy) is 2. The summed E-state index contributed by atoms with van der Waals surface area (Å²) in [6, 6.07) is 5.31. The SMILES string of the molecule is C=C[C@@H]1C[C@@]12NC(=O)[C@@H]1C[C@@H](OC(=O)N3Cc4cccc(F)c4C3)CN1C(=O)[C@@H](NC(=O)OC1CCCC1)CCCCCCCNc1ccc(F)cc1S(=O)(=O)NC2=O. The minimum absolute atomic E-state index is 0.0276. The van der Waals surface area contributed by atoms with E-state index >= 15 is 0 Å². The molecule has 3 aliphatic heterocycles. The first-order chi connectivity index (χ1) is 28.3. The van der Waals surface area contributed by atoms with Crippen LogP contribution >= 0.6 is 0 Å². The predicted molar refractivity (Wildman–Crippen MR) is 209 cm³/mol. The Morgan fingerprint density at radius 2 is 1.68 bits per heavy atom. The maximum Gasteiger partial charge on any atom is 0.410 e. The molecular weight excluding hydrogens is 791 g/mol. The summed E-state index contributed by atoms with van der Waals surface area (Å²) in [4.78, 5) is 71.6. The van der Waals surface area contributed by atoms with E-state index < -0.39 is 86.1 Å². The van der Waals surface area contributed by atoms with E-state index in [1.165, 1.54) is 28.0 Å². The van der Waals surface area contributed by atoms with E-state index in [9.17, 15) is 41.2 Å². The van der Waals surface area contributed by atoms with Gasteiger partial charge in [0, 0.05) is 31.0 Å². The van der Waals surface area contributed by atoms with Gasteiger partial charge in [-0.15, -0.1) is 6.58 Å². The van der Waals surface area contributed by atoms with E-state index in [-0.39, 0.29) is 50.7 Å². The fourth-order valence-corrected chi connectivity index (χ4v) is 9.82. The van der Waals surface area contributed by atoms with Gasteiger partial charge in [-0.25, -0.2) is 31.5 Å².